The van der Waals surface area contributed by atoms with Crippen molar-refractivity contribution in [1.82, 2.24) is 9.78 Å². The molecule has 1 N–H and O–H groups in total. The molecule has 31 heavy (non-hydrogen) atoms. The summed E-state index contributed by atoms with van der Waals surface area (Å²) < 4.78 is 44.0. The molecule has 0 aliphatic heterocycles. The van der Waals surface area contributed by atoms with Crippen LogP contribution in [0.4, 0.5) is 19.0 Å². The normalized spacial score (nSPS) is 13.2. The van der Waals surface area contributed by atoms with Crippen molar-refractivity contribution in [2.75, 3.05) is 18.2 Å². The van der Waals surface area contributed by atoms with Crippen molar-refractivity contribution in [2.24, 2.45) is 0 Å². The molecule has 1 heterocycles. The topological polar surface area (TPSA) is 62.9 Å². The Morgan fingerprint density at radius 2 is 1.84 bits per heavy atom. The van der Waals surface area contributed by atoms with E-state index in [1.807, 2.05) is 13.0 Å². The average Bonchev–Trinajstić information content (AvgIpc) is 2.99. The fourth-order valence-electron chi connectivity index (χ4n) is 2.47. The highest BCUT2D eigenvalue weighted by Gasteiger charge is 2.37. The van der Waals surface area contributed by atoms with E-state index in [1.54, 1.807) is 6.26 Å². The largest absolute Gasteiger partial charge is 0.416 e. The van der Waals surface area contributed by atoms with Crippen LogP contribution in [-0.2, 0) is 10.9 Å². The van der Waals surface area contributed by atoms with E-state index >= 15 is 0 Å². The Hall–Kier alpha value is -0.730. The van der Waals surface area contributed by atoms with Crippen molar-refractivity contribution >= 4 is 75.6 Å². The first-order valence-electron chi connectivity index (χ1n) is 8.43. The van der Waals surface area contributed by atoms with E-state index in [-0.39, 0.29) is 33.9 Å². The Labute approximate surface area is 205 Å². The molecule has 2 rings (SSSR count). The molecule has 1 aromatic heterocycles. The number of ether oxygens (including phenoxy) is 1. The van der Waals surface area contributed by atoms with Crippen molar-refractivity contribution in [3.8, 4) is 11.8 Å². The highest BCUT2D eigenvalue weighted by molar-refractivity contribution is 7.98. The lowest BCUT2D eigenvalue weighted by Gasteiger charge is -2.27. The summed E-state index contributed by atoms with van der Waals surface area (Å²) in [5.41, 5.74) is -1.17. The zero-order valence-corrected chi connectivity index (χ0v) is 20.4. The predicted molar refractivity (Wildman–Crippen MR) is 119 cm³/mol. The van der Waals surface area contributed by atoms with Gasteiger partial charge in [0, 0.05) is 6.61 Å². The summed E-state index contributed by atoms with van der Waals surface area (Å²) in [6.45, 7) is 2.09. The van der Waals surface area contributed by atoms with Crippen LogP contribution in [0.2, 0.25) is 10.0 Å². The number of rotatable bonds is 7. The number of nitrogens with zero attached hydrogens (tertiary/aromatic N) is 3. The van der Waals surface area contributed by atoms with Gasteiger partial charge in [-0.25, -0.2) is 4.68 Å². The number of hydrogen-bond acceptors (Lipinski definition) is 5. The lowest BCUT2D eigenvalue weighted by atomic mass is 10.2. The van der Waals surface area contributed by atoms with Gasteiger partial charge in [-0.1, -0.05) is 64.9 Å². The van der Waals surface area contributed by atoms with E-state index in [4.69, 9.17) is 62.7 Å². The van der Waals surface area contributed by atoms with Gasteiger partial charge in [-0.15, -0.1) is 11.8 Å². The van der Waals surface area contributed by atoms with Crippen molar-refractivity contribution in [3.05, 3.63) is 33.4 Å². The Morgan fingerprint density at radius 1 is 1.26 bits per heavy atom. The molecular formula is C17H14Cl5F3N4OS. The van der Waals surface area contributed by atoms with Gasteiger partial charge in [0.1, 0.15) is 17.6 Å². The van der Waals surface area contributed by atoms with Gasteiger partial charge >= 0.3 is 6.18 Å². The van der Waals surface area contributed by atoms with Crippen LogP contribution in [0.1, 0.15) is 24.6 Å². The molecule has 1 unspecified atom stereocenters. The monoisotopic (exact) mass is 554 g/mol. The van der Waals surface area contributed by atoms with Crippen LogP contribution >= 0.6 is 69.8 Å². The maximum atomic E-state index is 13.1. The summed E-state index contributed by atoms with van der Waals surface area (Å²) in [7, 11) is 0. The highest BCUT2D eigenvalue weighted by Crippen LogP contribution is 2.42. The fraction of sp³-hybridized carbons (Fsp3) is 0.412. The van der Waals surface area contributed by atoms with E-state index < -0.39 is 21.8 Å². The summed E-state index contributed by atoms with van der Waals surface area (Å²) in [6.07, 6.45) is -3.56. The van der Waals surface area contributed by atoms with Crippen LogP contribution in [0.25, 0.3) is 5.69 Å². The van der Waals surface area contributed by atoms with E-state index in [2.05, 4.69) is 10.4 Å². The van der Waals surface area contributed by atoms with Crippen LogP contribution in [0.15, 0.2) is 17.0 Å². The second kappa shape index (κ2) is 10.5. The summed E-state index contributed by atoms with van der Waals surface area (Å²) in [5.74, 6) is 0.111. The third-order valence-electron chi connectivity index (χ3n) is 3.76. The summed E-state index contributed by atoms with van der Waals surface area (Å²) in [4.78, 5) is 0.328. The van der Waals surface area contributed by atoms with Crippen LogP contribution in [0.3, 0.4) is 0 Å². The molecule has 5 nitrogen and oxygen atoms in total. The summed E-state index contributed by atoms with van der Waals surface area (Å²) in [5, 5.41) is 15.8. The molecule has 14 heteroatoms. The molecule has 2 aromatic rings. The minimum absolute atomic E-state index is 0.0411. The molecule has 0 aliphatic carbocycles. The molecule has 0 saturated carbocycles. The second-order valence-electron chi connectivity index (χ2n) is 5.98. The molecular weight excluding hydrogens is 543 g/mol. The Bertz CT molecular complexity index is 965. The van der Waals surface area contributed by atoms with Crippen molar-refractivity contribution in [2.45, 2.75) is 34.4 Å². The average molecular weight is 557 g/mol. The molecule has 0 spiro atoms. The predicted octanol–water partition coefficient (Wildman–Crippen LogP) is 7.33. The maximum absolute atomic E-state index is 13.1. The number of aromatic nitrogens is 2. The minimum atomic E-state index is -4.66. The molecule has 0 bridgehead atoms. The van der Waals surface area contributed by atoms with Gasteiger partial charge in [0.15, 0.2) is 11.9 Å². The molecule has 1 aromatic carbocycles. The van der Waals surface area contributed by atoms with Crippen molar-refractivity contribution < 1.29 is 17.9 Å². The Kier molecular flexibility index (Phi) is 8.96. The van der Waals surface area contributed by atoms with Gasteiger partial charge in [0.2, 0.25) is 3.79 Å². The number of benzene rings is 1. The fourth-order valence-corrected chi connectivity index (χ4v) is 4.09. The van der Waals surface area contributed by atoms with Gasteiger partial charge in [-0.2, -0.15) is 23.5 Å². The number of thioether (sulfide) groups is 1. The molecule has 0 saturated heterocycles. The quantitative estimate of drug-likeness (QED) is 0.220. The van der Waals surface area contributed by atoms with Gasteiger partial charge < -0.3 is 10.1 Å². The van der Waals surface area contributed by atoms with Gasteiger partial charge in [-0.3, -0.25) is 0 Å². The first-order chi connectivity index (χ1) is 14.3. The van der Waals surface area contributed by atoms with Crippen molar-refractivity contribution in [3.63, 3.8) is 0 Å². The van der Waals surface area contributed by atoms with E-state index in [0.717, 1.165) is 16.4 Å². The zero-order valence-electron chi connectivity index (χ0n) is 15.8. The number of halogens is 8. The molecule has 170 valence electrons. The van der Waals surface area contributed by atoms with Crippen LogP contribution in [0.5, 0.6) is 0 Å². The second-order valence-corrected chi connectivity index (χ2v) is 9.98. The first-order valence-corrected chi connectivity index (χ1v) is 11.5. The first kappa shape index (κ1) is 26.5. The lowest BCUT2D eigenvalue weighted by molar-refractivity contribution is -0.137. The Balaban J connectivity index is 2.70. The number of nitrogens with one attached hydrogen (secondary N) is 1. The van der Waals surface area contributed by atoms with Gasteiger partial charge in [0.05, 0.1) is 20.5 Å². The van der Waals surface area contributed by atoms with Gasteiger partial charge in [-0.05, 0) is 24.8 Å². The third-order valence-corrected chi connectivity index (χ3v) is 5.73. The molecule has 1 atom stereocenters. The van der Waals surface area contributed by atoms with Crippen molar-refractivity contribution in [1.29, 1.82) is 5.26 Å². The molecule has 0 radical (unpaired) electrons. The minimum Gasteiger partial charge on any atom is -0.354 e. The summed E-state index contributed by atoms with van der Waals surface area (Å²) in [6, 6.07) is 3.32. The van der Waals surface area contributed by atoms with E-state index in [9.17, 15) is 18.4 Å². The smallest absolute Gasteiger partial charge is 0.354 e. The lowest BCUT2D eigenvalue weighted by Crippen LogP contribution is -2.37. The number of hydrogen-bond donors (Lipinski definition) is 1. The van der Waals surface area contributed by atoms with Crippen LogP contribution in [-0.4, -0.2) is 32.7 Å². The number of alkyl halides is 6. The Morgan fingerprint density at radius 3 is 2.26 bits per heavy atom. The summed E-state index contributed by atoms with van der Waals surface area (Å²) >= 11 is 31.5. The van der Waals surface area contributed by atoms with E-state index in [0.29, 0.717) is 23.4 Å². The van der Waals surface area contributed by atoms with Crippen LogP contribution in [0, 0.1) is 11.3 Å². The van der Waals surface area contributed by atoms with E-state index in [1.165, 1.54) is 0 Å². The highest BCUT2D eigenvalue weighted by atomic mass is 35.6. The number of anilines is 1. The third kappa shape index (κ3) is 6.20. The zero-order chi connectivity index (χ0) is 23.6. The SMILES string of the molecule is CCCOC(Nc1c(SC)c(C#N)nn1-c1c(Cl)cc(C(F)(F)F)cc1Cl)C(Cl)(Cl)Cl. The molecule has 0 aliphatic rings. The maximum Gasteiger partial charge on any atom is 0.416 e. The van der Waals surface area contributed by atoms with Gasteiger partial charge in [0.25, 0.3) is 0 Å². The molecule has 0 fully saturated rings. The standard InChI is InChI=1S/C17H14Cl5F3N4OS/c1-3-4-30-15(16(20,21)22)27-14-13(31-2)11(7-26)28-29(14)12-9(18)5-8(6-10(12)19)17(23,24)25/h5-6,15,27H,3-4H2,1-2H3. The molecule has 0 amide bonds. The number of nitriles is 1. The van der Waals surface area contributed by atoms with Crippen LogP contribution < -0.4 is 5.32 Å².